The third kappa shape index (κ3) is 9.40. The molecule has 1 aliphatic rings. The first-order chi connectivity index (χ1) is 15.0. The average molecular weight is 526 g/mol. The van der Waals surface area contributed by atoms with Crippen molar-refractivity contribution in [2.45, 2.75) is 20.3 Å². The van der Waals surface area contributed by atoms with E-state index in [9.17, 15) is 0 Å². The molecule has 34 heavy (non-hydrogen) atoms. The smallest absolute Gasteiger partial charge is 1.00 e. The molecule has 1 aliphatic carbocycles. The van der Waals surface area contributed by atoms with E-state index >= 15 is 0 Å². The Bertz CT molecular complexity index is 1150. The van der Waals surface area contributed by atoms with Crippen molar-refractivity contribution in [3.63, 3.8) is 0 Å². The largest absolute Gasteiger partial charge is 3.00 e. The summed E-state index contributed by atoms with van der Waals surface area (Å²) in [7, 11) is 0. The molecular formula is C29H27Cl2O2Ti. The Balaban J connectivity index is 0.000000540. The van der Waals surface area contributed by atoms with Crippen molar-refractivity contribution < 1.29 is 56.7 Å². The van der Waals surface area contributed by atoms with Gasteiger partial charge in [0.2, 0.25) is 0 Å². The summed E-state index contributed by atoms with van der Waals surface area (Å²) < 4.78 is 0. The van der Waals surface area contributed by atoms with E-state index in [1.54, 1.807) is 48.5 Å². The Hall–Kier alpha value is -2.49. The van der Waals surface area contributed by atoms with E-state index < -0.39 is 0 Å². The van der Waals surface area contributed by atoms with Gasteiger partial charge in [0.1, 0.15) is 11.5 Å². The van der Waals surface area contributed by atoms with Crippen LogP contribution in [0.15, 0.2) is 114 Å². The molecule has 1 radical (unpaired) electrons. The van der Waals surface area contributed by atoms with Crippen LogP contribution in [0.5, 0.6) is 11.5 Å². The molecule has 0 unspecified atom stereocenters. The van der Waals surface area contributed by atoms with Gasteiger partial charge in [0, 0.05) is 0 Å². The normalized spacial score (nSPS) is 11.3. The topological polar surface area (TPSA) is 40.5 Å². The number of hydrogen-bond donors (Lipinski definition) is 2. The Morgan fingerprint density at radius 3 is 1.59 bits per heavy atom. The fourth-order valence-corrected chi connectivity index (χ4v) is 3.26. The number of fused-ring (bicyclic) bond motifs is 1. The van der Waals surface area contributed by atoms with Gasteiger partial charge in [-0.05, 0) is 44.5 Å². The van der Waals surface area contributed by atoms with Crippen LogP contribution in [0.1, 0.15) is 25.8 Å². The zero-order chi connectivity index (χ0) is 22.1. The molecule has 0 atom stereocenters. The molecule has 2 nitrogen and oxygen atoms in total. The van der Waals surface area contributed by atoms with Crippen molar-refractivity contribution in [2.75, 3.05) is 0 Å². The van der Waals surface area contributed by atoms with E-state index in [0.717, 1.165) is 6.42 Å². The molecule has 4 aromatic carbocycles. The molecule has 2 N–H and O–H groups in total. The third-order valence-electron chi connectivity index (χ3n) is 5.15. The molecule has 5 rings (SSSR count). The molecule has 0 saturated carbocycles. The summed E-state index contributed by atoms with van der Waals surface area (Å²) in [6.07, 6.45) is 3.35. The van der Waals surface area contributed by atoms with Crippen molar-refractivity contribution >= 4 is 16.3 Å². The zero-order valence-electron chi connectivity index (χ0n) is 19.2. The van der Waals surface area contributed by atoms with Gasteiger partial charge in [-0.2, -0.15) is 0 Å². The SMILES string of the molecule is CC1=CCC(c2[c-]c3ccccc3cc2)=C1C.Oc1ccccc1.Oc1ccccc1.[Cl-].[Cl-].[Ti+3]. The van der Waals surface area contributed by atoms with Crippen molar-refractivity contribution in [3.8, 4) is 11.5 Å². The van der Waals surface area contributed by atoms with Crippen molar-refractivity contribution in [1.29, 1.82) is 0 Å². The Labute approximate surface area is 229 Å². The Morgan fingerprint density at radius 1 is 0.647 bits per heavy atom. The van der Waals surface area contributed by atoms with E-state index in [4.69, 9.17) is 10.2 Å². The molecule has 0 aromatic heterocycles. The first-order valence-electron chi connectivity index (χ1n) is 10.3. The van der Waals surface area contributed by atoms with Crippen LogP contribution in [-0.2, 0) is 21.7 Å². The third-order valence-corrected chi connectivity index (χ3v) is 5.15. The maximum Gasteiger partial charge on any atom is 3.00 e. The van der Waals surface area contributed by atoms with Gasteiger partial charge in [-0.1, -0.05) is 82.8 Å². The van der Waals surface area contributed by atoms with E-state index in [2.05, 4.69) is 62.4 Å². The van der Waals surface area contributed by atoms with Gasteiger partial charge in [-0.25, -0.2) is 0 Å². The monoisotopic (exact) mass is 525 g/mol. The molecule has 0 spiro atoms. The van der Waals surface area contributed by atoms with Crippen molar-refractivity contribution in [2.24, 2.45) is 0 Å². The predicted octanol–water partition coefficient (Wildman–Crippen LogP) is 1.55. The first kappa shape index (κ1) is 31.5. The van der Waals surface area contributed by atoms with Crippen LogP contribution in [0, 0.1) is 6.07 Å². The molecule has 4 aromatic rings. The molecule has 173 valence electrons. The first-order valence-corrected chi connectivity index (χ1v) is 10.3. The summed E-state index contributed by atoms with van der Waals surface area (Å²) in [6.45, 7) is 4.39. The molecular weight excluding hydrogens is 499 g/mol. The fraction of sp³-hybridized carbons (Fsp3) is 0.103. The van der Waals surface area contributed by atoms with Crippen molar-refractivity contribution in [3.05, 3.63) is 126 Å². The van der Waals surface area contributed by atoms with E-state index in [0.29, 0.717) is 11.5 Å². The predicted molar refractivity (Wildman–Crippen MR) is 130 cm³/mol. The number of phenols is 2. The second-order valence-electron chi connectivity index (χ2n) is 7.33. The Morgan fingerprint density at radius 2 is 1.15 bits per heavy atom. The number of phenolic OH excluding ortho intramolecular Hbond substituents is 2. The summed E-state index contributed by atoms with van der Waals surface area (Å²) in [4.78, 5) is 0. The number of rotatable bonds is 1. The maximum atomic E-state index is 8.63. The van der Waals surface area contributed by atoms with Gasteiger partial charge in [-0.15, -0.1) is 35.2 Å². The van der Waals surface area contributed by atoms with Crippen LogP contribution >= 0.6 is 0 Å². The number of para-hydroxylation sites is 2. The van der Waals surface area contributed by atoms with Crippen LogP contribution in [0.3, 0.4) is 0 Å². The second-order valence-corrected chi connectivity index (χ2v) is 7.33. The minimum atomic E-state index is 0. The molecule has 0 amide bonds. The van der Waals surface area contributed by atoms with Crippen LogP contribution in [0.2, 0.25) is 0 Å². The Kier molecular flexibility index (Phi) is 15.0. The van der Waals surface area contributed by atoms with Gasteiger partial charge >= 0.3 is 21.7 Å². The summed E-state index contributed by atoms with van der Waals surface area (Å²) in [6, 6.07) is 33.7. The van der Waals surface area contributed by atoms with Gasteiger partial charge in [0.15, 0.2) is 0 Å². The van der Waals surface area contributed by atoms with Crippen LogP contribution in [-0.4, -0.2) is 10.2 Å². The molecule has 0 heterocycles. The maximum absolute atomic E-state index is 8.63. The van der Waals surface area contributed by atoms with Crippen LogP contribution in [0.4, 0.5) is 0 Å². The van der Waals surface area contributed by atoms with Crippen LogP contribution in [0.25, 0.3) is 16.3 Å². The van der Waals surface area contributed by atoms with Crippen LogP contribution < -0.4 is 24.8 Å². The number of benzene rings is 4. The van der Waals surface area contributed by atoms with Gasteiger partial charge in [-0.3, -0.25) is 0 Å². The standard InChI is InChI=1S/C17H15.2C6H6O.2ClH.Ti/c1-12-7-10-17(13(12)2)16-9-8-14-5-3-4-6-15(14)11-16;2*7-6-4-2-1-3-5-6;;;/h3-9H,10H2,1-2H3;2*1-5,7H;2*1H;/q-1;;;;;+3/p-2. The van der Waals surface area contributed by atoms with Gasteiger partial charge in [0.05, 0.1) is 0 Å². The molecule has 0 aliphatic heterocycles. The summed E-state index contributed by atoms with van der Waals surface area (Å²) in [5.74, 6) is 0.644. The molecule has 0 bridgehead atoms. The van der Waals surface area contributed by atoms with E-state index in [1.165, 1.54) is 33.1 Å². The summed E-state index contributed by atoms with van der Waals surface area (Å²) in [5, 5.41) is 19.7. The van der Waals surface area contributed by atoms with E-state index in [1.807, 2.05) is 12.1 Å². The summed E-state index contributed by atoms with van der Waals surface area (Å²) in [5.41, 5.74) is 5.49. The molecule has 0 saturated heterocycles. The quantitative estimate of drug-likeness (QED) is 0.292. The number of halogens is 2. The fourth-order valence-electron chi connectivity index (χ4n) is 3.26. The average Bonchev–Trinajstić information content (AvgIpc) is 3.14. The number of hydrogen-bond acceptors (Lipinski definition) is 2. The second kappa shape index (κ2) is 16.2. The molecule has 0 fully saturated rings. The van der Waals surface area contributed by atoms with Gasteiger partial charge < -0.3 is 35.0 Å². The van der Waals surface area contributed by atoms with E-state index in [-0.39, 0.29) is 46.5 Å². The summed E-state index contributed by atoms with van der Waals surface area (Å²) >= 11 is 0. The zero-order valence-corrected chi connectivity index (χ0v) is 22.2. The minimum absolute atomic E-state index is 0. The molecule has 5 heteroatoms. The van der Waals surface area contributed by atoms with Crippen molar-refractivity contribution in [1.82, 2.24) is 0 Å². The number of allylic oxidation sites excluding steroid dienone is 4. The van der Waals surface area contributed by atoms with Gasteiger partial charge in [0.25, 0.3) is 0 Å². The number of aromatic hydroxyl groups is 2. The minimum Gasteiger partial charge on any atom is -1.00 e.